The number of methoxy groups -OCH3 is 1. The molecule has 0 aromatic rings. The second-order valence-electron chi connectivity index (χ2n) is 5.33. The fraction of sp³-hybridized carbons (Fsp3) is 0.684. The van der Waals surface area contributed by atoms with E-state index >= 15 is 0 Å². The van der Waals surface area contributed by atoms with Gasteiger partial charge in [0, 0.05) is 7.11 Å². The Morgan fingerprint density at radius 1 is 0.810 bits per heavy atom. The number of unbranched alkanes of at least 4 members (excludes halogenated alkanes) is 5. The molecule has 0 spiro atoms. The van der Waals surface area contributed by atoms with Crippen LogP contribution in [0.3, 0.4) is 0 Å². The molecule has 21 heavy (non-hydrogen) atoms. The average molecular weight is 294 g/mol. The highest BCUT2D eigenvalue weighted by Crippen LogP contribution is 2.09. The minimum absolute atomic E-state index is 0.571. The van der Waals surface area contributed by atoms with E-state index in [4.69, 9.17) is 4.74 Å². The Bertz CT molecular complexity index is 279. The van der Waals surface area contributed by atoms with Crippen molar-refractivity contribution in [3.63, 3.8) is 0 Å². The molecule has 0 aliphatic heterocycles. The molecular weight excluding hydrogens is 260 g/mol. The predicted molar refractivity (Wildman–Crippen MR) is 92.3 cm³/mol. The first-order chi connectivity index (χ1) is 10.3. The maximum Gasteiger partial charge on any atom is 0.154 e. The van der Waals surface area contributed by atoms with Crippen LogP contribution in [0.1, 0.15) is 71.1 Å². The fourth-order valence-corrected chi connectivity index (χ4v) is 2.06. The second kappa shape index (κ2) is 17.2. The molecule has 0 aromatic heterocycles. The van der Waals surface area contributed by atoms with E-state index in [9.17, 15) is 5.11 Å². The van der Waals surface area contributed by atoms with Crippen LogP contribution in [0.5, 0.6) is 0 Å². The van der Waals surface area contributed by atoms with E-state index in [1.54, 1.807) is 7.11 Å². The molecule has 0 amide bonds. The second-order valence-corrected chi connectivity index (χ2v) is 5.33. The highest BCUT2D eigenvalue weighted by molar-refractivity contribution is 4.96. The van der Waals surface area contributed by atoms with E-state index < -0.39 is 6.29 Å². The zero-order valence-corrected chi connectivity index (χ0v) is 14.0. The molecule has 0 aromatic carbocycles. The third-order valence-electron chi connectivity index (χ3n) is 3.37. The molecular formula is C19H34O2. The number of hydrogen-bond donors (Lipinski definition) is 1. The summed E-state index contributed by atoms with van der Waals surface area (Å²) in [7, 11) is 1.55. The Morgan fingerprint density at radius 3 is 2.05 bits per heavy atom. The van der Waals surface area contributed by atoms with Gasteiger partial charge in [0.15, 0.2) is 6.29 Å². The SMILES string of the molecule is CC/C=C\C/C=C\C/C=C\CCCCCCCC(O)OC. The molecule has 1 unspecified atom stereocenters. The Morgan fingerprint density at radius 2 is 1.38 bits per heavy atom. The minimum Gasteiger partial charge on any atom is -0.368 e. The summed E-state index contributed by atoms with van der Waals surface area (Å²) in [6.45, 7) is 2.16. The van der Waals surface area contributed by atoms with Crippen LogP contribution in [-0.4, -0.2) is 18.5 Å². The number of aliphatic hydroxyl groups excluding tert-OH is 1. The van der Waals surface area contributed by atoms with Crippen molar-refractivity contribution < 1.29 is 9.84 Å². The van der Waals surface area contributed by atoms with E-state index in [-0.39, 0.29) is 0 Å². The van der Waals surface area contributed by atoms with Crippen LogP contribution in [0.2, 0.25) is 0 Å². The molecule has 2 heteroatoms. The molecule has 122 valence electrons. The van der Waals surface area contributed by atoms with Gasteiger partial charge in [-0.1, -0.05) is 62.6 Å². The molecule has 0 saturated carbocycles. The summed E-state index contributed by atoms with van der Waals surface area (Å²) in [5, 5.41) is 9.22. The van der Waals surface area contributed by atoms with Crippen LogP contribution in [0, 0.1) is 0 Å². The highest BCUT2D eigenvalue weighted by atomic mass is 16.6. The molecule has 0 saturated heterocycles. The van der Waals surface area contributed by atoms with Crippen LogP contribution in [0.4, 0.5) is 0 Å². The summed E-state index contributed by atoms with van der Waals surface area (Å²) in [6.07, 6.45) is 24.1. The van der Waals surface area contributed by atoms with Gasteiger partial charge < -0.3 is 9.84 Å². The van der Waals surface area contributed by atoms with Gasteiger partial charge in [-0.2, -0.15) is 0 Å². The molecule has 0 radical (unpaired) electrons. The molecule has 0 fully saturated rings. The van der Waals surface area contributed by atoms with E-state index in [1.165, 1.54) is 32.1 Å². The van der Waals surface area contributed by atoms with Crippen LogP contribution >= 0.6 is 0 Å². The van der Waals surface area contributed by atoms with Crippen LogP contribution in [-0.2, 0) is 4.74 Å². The largest absolute Gasteiger partial charge is 0.368 e. The van der Waals surface area contributed by atoms with Gasteiger partial charge in [0.1, 0.15) is 0 Å². The summed E-state index contributed by atoms with van der Waals surface area (Å²) in [4.78, 5) is 0. The van der Waals surface area contributed by atoms with Gasteiger partial charge in [-0.15, -0.1) is 0 Å². The van der Waals surface area contributed by atoms with Crippen LogP contribution in [0.25, 0.3) is 0 Å². The van der Waals surface area contributed by atoms with Crippen molar-refractivity contribution in [3.05, 3.63) is 36.5 Å². The lowest BCUT2D eigenvalue weighted by molar-refractivity contribution is -0.0793. The summed E-state index contributed by atoms with van der Waals surface area (Å²) in [5.41, 5.74) is 0. The lowest BCUT2D eigenvalue weighted by Crippen LogP contribution is -2.07. The molecule has 0 bridgehead atoms. The third-order valence-corrected chi connectivity index (χ3v) is 3.37. The van der Waals surface area contributed by atoms with Crippen molar-refractivity contribution in [2.24, 2.45) is 0 Å². The first-order valence-electron chi connectivity index (χ1n) is 8.47. The quantitative estimate of drug-likeness (QED) is 0.259. The minimum atomic E-state index is -0.571. The Hall–Kier alpha value is -0.860. The third kappa shape index (κ3) is 17.1. The average Bonchev–Trinajstić information content (AvgIpc) is 2.50. The molecule has 2 nitrogen and oxygen atoms in total. The van der Waals surface area contributed by atoms with Gasteiger partial charge >= 0.3 is 0 Å². The standard InChI is InChI=1S/C19H34O2/c1-3-4-5-6-7-8-9-10-11-12-13-14-15-16-17-18-19(20)21-2/h4-5,7-8,10-11,19-20H,3,6,9,12-18H2,1-2H3/b5-4-,8-7-,11-10-. The first-order valence-corrected chi connectivity index (χ1v) is 8.47. The predicted octanol–water partition coefficient (Wildman–Crippen LogP) is 5.54. The Balaban J connectivity index is 3.24. The Labute approximate surface area is 131 Å². The fourth-order valence-electron chi connectivity index (χ4n) is 2.06. The highest BCUT2D eigenvalue weighted by Gasteiger charge is 1.99. The van der Waals surface area contributed by atoms with Gasteiger partial charge in [0.25, 0.3) is 0 Å². The Kier molecular flexibility index (Phi) is 16.5. The molecule has 0 rings (SSSR count). The van der Waals surface area contributed by atoms with Crippen molar-refractivity contribution >= 4 is 0 Å². The molecule has 1 atom stereocenters. The van der Waals surface area contributed by atoms with Crippen LogP contribution < -0.4 is 0 Å². The van der Waals surface area contributed by atoms with Crippen molar-refractivity contribution in [3.8, 4) is 0 Å². The smallest absolute Gasteiger partial charge is 0.154 e. The van der Waals surface area contributed by atoms with E-state index in [0.29, 0.717) is 0 Å². The van der Waals surface area contributed by atoms with Crippen molar-refractivity contribution in [1.82, 2.24) is 0 Å². The summed E-state index contributed by atoms with van der Waals surface area (Å²) in [6, 6.07) is 0. The van der Waals surface area contributed by atoms with Crippen molar-refractivity contribution in [2.45, 2.75) is 77.4 Å². The van der Waals surface area contributed by atoms with Crippen molar-refractivity contribution in [1.29, 1.82) is 0 Å². The van der Waals surface area contributed by atoms with E-state index in [1.807, 2.05) is 0 Å². The summed E-state index contributed by atoms with van der Waals surface area (Å²) >= 11 is 0. The van der Waals surface area contributed by atoms with E-state index in [2.05, 4.69) is 43.4 Å². The lowest BCUT2D eigenvalue weighted by Gasteiger charge is -2.07. The number of ether oxygens (including phenoxy) is 1. The molecule has 0 aliphatic rings. The van der Waals surface area contributed by atoms with Gasteiger partial charge in [-0.25, -0.2) is 0 Å². The van der Waals surface area contributed by atoms with Gasteiger partial charge in [0.05, 0.1) is 0 Å². The molecule has 0 heterocycles. The summed E-state index contributed by atoms with van der Waals surface area (Å²) < 4.78 is 4.81. The van der Waals surface area contributed by atoms with Crippen molar-refractivity contribution in [2.75, 3.05) is 7.11 Å². The first kappa shape index (κ1) is 20.1. The topological polar surface area (TPSA) is 29.5 Å². The number of aliphatic hydroxyl groups is 1. The van der Waals surface area contributed by atoms with Gasteiger partial charge in [-0.05, 0) is 44.9 Å². The molecule has 1 N–H and O–H groups in total. The lowest BCUT2D eigenvalue weighted by atomic mass is 10.1. The maximum absolute atomic E-state index is 9.22. The number of rotatable bonds is 14. The zero-order valence-electron chi connectivity index (χ0n) is 14.0. The van der Waals surface area contributed by atoms with E-state index in [0.717, 1.165) is 32.1 Å². The monoisotopic (exact) mass is 294 g/mol. The van der Waals surface area contributed by atoms with Gasteiger partial charge in [0.2, 0.25) is 0 Å². The normalized spacial score (nSPS) is 13.9. The number of allylic oxidation sites excluding steroid dienone is 6. The molecule has 0 aliphatic carbocycles. The number of hydrogen-bond acceptors (Lipinski definition) is 2. The zero-order chi connectivity index (χ0) is 15.6. The maximum atomic E-state index is 9.22. The summed E-state index contributed by atoms with van der Waals surface area (Å²) in [5.74, 6) is 0. The van der Waals surface area contributed by atoms with Gasteiger partial charge in [-0.3, -0.25) is 0 Å². The van der Waals surface area contributed by atoms with Crippen LogP contribution in [0.15, 0.2) is 36.5 Å².